The maximum absolute atomic E-state index is 13.2. The number of ether oxygens (including phenoxy) is 1. The van der Waals surface area contributed by atoms with Crippen LogP contribution in [0.25, 0.3) is 0 Å². The largest absolute Gasteiger partial charge is 0.465 e. The minimum absolute atomic E-state index is 0.0984. The fourth-order valence-corrected chi connectivity index (χ4v) is 2.19. The maximum Gasteiger partial charge on any atom is 0.418 e. The van der Waals surface area contributed by atoms with Gasteiger partial charge in [0.1, 0.15) is 0 Å². The first kappa shape index (κ1) is 14.6. The van der Waals surface area contributed by atoms with E-state index in [2.05, 4.69) is 10.1 Å². The second-order valence-corrected chi connectivity index (χ2v) is 4.46. The van der Waals surface area contributed by atoms with E-state index in [-0.39, 0.29) is 11.3 Å². The number of methoxy groups -OCH3 is 1. The van der Waals surface area contributed by atoms with Crippen LogP contribution in [0.4, 0.5) is 18.9 Å². The number of carbonyl (C=O) groups is 1. The van der Waals surface area contributed by atoms with Crippen molar-refractivity contribution >= 4 is 11.7 Å². The predicted molar refractivity (Wildman–Crippen MR) is 67.9 cm³/mol. The van der Waals surface area contributed by atoms with Gasteiger partial charge in [-0.05, 0) is 18.2 Å². The highest BCUT2D eigenvalue weighted by molar-refractivity contribution is 5.90. The van der Waals surface area contributed by atoms with Crippen molar-refractivity contribution in [2.75, 3.05) is 38.2 Å². The minimum Gasteiger partial charge on any atom is -0.465 e. The zero-order chi connectivity index (χ0) is 14.8. The number of hydrogen-bond donors (Lipinski definition) is 1. The number of nitrogens with one attached hydrogen (secondary N) is 1. The molecule has 7 heteroatoms. The number of alkyl halides is 3. The lowest BCUT2D eigenvalue weighted by Crippen LogP contribution is -2.44. The van der Waals surface area contributed by atoms with Crippen molar-refractivity contribution in [3.63, 3.8) is 0 Å². The van der Waals surface area contributed by atoms with E-state index in [0.717, 1.165) is 13.2 Å². The van der Waals surface area contributed by atoms with Crippen LogP contribution >= 0.6 is 0 Å². The Balaban J connectivity index is 2.42. The maximum atomic E-state index is 13.2. The van der Waals surface area contributed by atoms with Crippen LogP contribution in [-0.2, 0) is 10.9 Å². The van der Waals surface area contributed by atoms with E-state index in [1.807, 2.05) is 0 Å². The summed E-state index contributed by atoms with van der Waals surface area (Å²) in [6, 6.07) is 3.54. The number of hydrogen-bond acceptors (Lipinski definition) is 4. The van der Waals surface area contributed by atoms with Gasteiger partial charge in [0.25, 0.3) is 0 Å². The molecule has 1 fully saturated rings. The van der Waals surface area contributed by atoms with Gasteiger partial charge in [-0.3, -0.25) is 0 Å². The van der Waals surface area contributed by atoms with Crippen molar-refractivity contribution in [3.05, 3.63) is 29.3 Å². The zero-order valence-electron chi connectivity index (χ0n) is 11.0. The molecule has 2 rings (SSSR count). The number of rotatable bonds is 2. The fraction of sp³-hybridized carbons (Fsp3) is 0.462. The Labute approximate surface area is 114 Å². The van der Waals surface area contributed by atoms with Crippen LogP contribution in [0, 0.1) is 0 Å². The first-order chi connectivity index (χ1) is 9.43. The average molecular weight is 288 g/mol. The monoisotopic (exact) mass is 288 g/mol. The molecule has 0 aliphatic carbocycles. The molecule has 0 aromatic heterocycles. The summed E-state index contributed by atoms with van der Waals surface area (Å²) in [5.74, 6) is -0.776. The molecule has 110 valence electrons. The Morgan fingerprint density at radius 3 is 2.50 bits per heavy atom. The summed E-state index contributed by atoms with van der Waals surface area (Å²) in [4.78, 5) is 13.0. The molecule has 1 aromatic carbocycles. The van der Waals surface area contributed by atoms with Crippen LogP contribution in [-0.4, -0.2) is 39.3 Å². The molecule has 4 nitrogen and oxygen atoms in total. The van der Waals surface area contributed by atoms with Crippen LogP contribution in [0.5, 0.6) is 0 Å². The van der Waals surface area contributed by atoms with Crippen molar-refractivity contribution in [1.82, 2.24) is 5.32 Å². The van der Waals surface area contributed by atoms with Crippen molar-refractivity contribution < 1.29 is 22.7 Å². The Morgan fingerprint density at radius 1 is 1.30 bits per heavy atom. The van der Waals surface area contributed by atoms with Crippen LogP contribution in [0.3, 0.4) is 0 Å². The van der Waals surface area contributed by atoms with Gasteiger partial charge in [-0.1, -0.05) is 0 Å². The third-order valence-electron chi connectivity index (χ3n) is 3.18. The molecule has 0 atom stereocenters. The third kappa shape index (κ3) is 3.04. The van der Waals surface area contributed by atoms with E-state index in [1.54, 1.807) is 4.90 Å². The normalized spacial score (nSPS) is 16.1. The van der Waals surface area contributed by atoms with Gasteiger partial charge in [-0.15, -0.1) is 0 Å². The van der Waals surface area contributed by atoms with Gasteiger partial charge >= 0.3 is 12.1 Å². The van der Waals surface area contributed by atoms with Gasteiger partial charge in [0.15, 0.2) is 0 Å². The van der Waals surface area contributed by atoms with Gasteiger partial charge in [0.05, 0.1) is 18.2 Å². The Kier molecular flexibility index (Phi) is 4.17. The van der Waals surface area contributed by atoms with Crippen molar-refractivity contribution in [1.29, 1.82) is 0 Å². The molecule has 0 bridgehead atoms. The fourth-order valence-electron chi connectivity index (χ4n) is 2.19. The number of carbonyl (C=O) groups excluding carboxylic acids is 1. The van der Waals surface area contributed by atoms with Crippen molar-refractivity contribution in [3.8, 4) is 0 Å². The third-order valence-corrected chi connectivity index (χ3v) is 3.18. The molecule has 0 amide bonds. The average Bonchev–Trinajstić information content (AvgIpc) is 2.46. The first-order valence-electron chi connectivity index (χ1n) is 6.18. The Bertz CT molecular complexity index is 497. The first-order valence-corrected chi connectivity index (χ1v) is 6.18. The summed E-state index contributed by atoms with van der Waals surface area (Å²) in [5, 5.41) is 3.08. The highest BCUT2D eigenvalue weighted by Crippen LogP contribution is 2.37. The van der Waals surface area contributed by atoms with E-state index in [0.29, 0.717) is 26.2 Å². The summed E-state index contributed by atoms with van der Waals surface area (Å²) >= 11 is 0. The molecular weight excluding hydrogens is 273 g/mol. The van der Waals surface area contributed by atoms with Gasteiger partial charge in [-0.25, -0.2) is 4.79 Å². The standard InChI is InChI=1S/C13H15F3N2O2/c1-20-12(19)9-2-3-11(10(8-9)13(14,15)16)18-6-4-17-5-7-18/h2-3,8,17H,4-7H2,1H3. The van der Waals surface area contributed by atoms with Gasteiger partial charge in [0.2, 0.25) is 0 Å². The van der Waals surface area contributed by atoms with Crippen LogP contribution < -0.4 is 10.2 Å². The summed E-state index contributed by atoms with van der Waals surface area (Å²) < 4.78 is 43.9. The molecule has 0 spiro atoms. The molecule has 0 unspecified atom stereocenters. The van der Waals surface area contributed by atoms with Gasteiger partial charge < -0.3 is 15.0 Å². The number of benzene rings is 1. The van der Waals surface area contributed by atoms with E-state index >= 15 is 0 Å². The van der Waals surface area contributed by atoms with Crippen LogP contribution in [0.15, 0.2) is 18.2 Å². The van der Waals surface area contributed by atoms with Crippen LogP contribution in [0.1, 0.15) is 15.9 Å². The van der Waals surface area contributed by atoms with Gasteiger partial charge in [-0.2, -0.15) is 13.2 Å². The molecule has 1 aliphatic heterocycles. The lowest BCUT2D eigenvalue weighted by Gasteiger charge is -2.31. The van der Waals surface area contributed by atoms with E-state index in [1.165, 1.54) is 12.1 Å². The molecule has 1 N–H and O–H groups in total. The van der Waals surface area contributed by atoms with E-state index in [9.17, 15) is 18.0 Å². The lowest BCUT2D eigenvalue weighted by molar-refractivity contribution is -0.137. The Morgan fingerprint density at radius 2 is 1.95 bits per heavy atom. The molecule has 1 saturated heterocycles. The highest BCUT2D eigenvalue weighted by atomic mass is 19.4. The predicted octanol–water partition coefficient (Wildman–Crippen LogP) is 1.90. The zero-order valence-corrected chi connectivity index (χ0v) is 11.0. The molecule has 0 saturated carbocycles. The number of piperazine rings is 1. The highest BCUT2D eigenvalue weighted by Gasteiger charge is 2.36. The topological polar surface area (TPSA) is 41.6 Å². The van der Waals surface area contributed by atoms with Crippen molar-refractivity contribution in [2.24, 2.45) is 0 Å². The molecule has 1 heterocycles. The number of esters is 1. The van der Waals surface area contributed by atoms with E-state index < -0.39 is 17.7 Å². The summed E-state index contributed by atoms with van der Waals surface area (Å²) in [6.07, 6.45) is -4.51. The molecule has 0 radical (unpaired) electrons. The second-order valence-electron chi connectivity index (χ2n) is 4.46. The summed E-state index contributed by atoms with van der Waals surface area (Å²) in [5.41, 5.74) is -0.798. The summed E-state index contributed by atoms with van der Waals surface area (Å²) in [7, 11) is 1.14. The van der Waals surface area contributed by atoms with E-state index in [4.69, 9.17) is 0 Å². The molecule has 1 aliphatic rings. The number of nitrogens with zero attached hydrogens (tertiary/aromatic N) is 1. The molecular formula is C13H15F3N2O2. The summed E-state index contributed by atoms with van der Waals surface area (Å²) in [6.45, 7) is 2.27. The van der Waals surface area contributed by atoms with Crippen molar-refractivity contribution in [2.45, 2.75) is 6.18 Å². The number of halogens is 3. The lowest BCUT2D eigenvalue weighted by atomic mass is 10.1. The molecule has 1 aromatic rings. The SMILES string of the molecule is COC(=O)c1ccc(N2CCNCC2)c(C(F)(F)F)c1. The van der Waals surface area contributed by atoms with Crippen LogP contribution in [0.2, 0.25) is 0 Å². The Hall–Kier alpha value is -1.76. The number of anilines is 1. The quantitative estimate of drug-likeness (QED) is 0.844. The van der Waals surface area contributed by atoms with Gasteiger partial charge in [0, 0.05) is 31.9 Å². The smallest absolute Gasteiger partial charge is 0.418 e. The minimum atomic E-state index is -4.51. The second kappa shape index (κ2) is 5.70. The molecule has 20 heavy (non-hydrogen) atoms.